The molecular weight excluding hydrogens is 384 g/mol. The Labute approximate surface area is 175 Å². The van der Waals surface area contributed by atoms with Crippen molar-refractivity contribution >= 4 is 11.8 Å². The summed E-state index contributed by atoms with van der Waals surface area (Å²) in [5.74, 6) is 2.11. The van der Waals surface area contributed by atoms with Crippen LogP contribution in [0.2, 0.25) is 0 Å². The number of rotatable bonds is 7. The number of amides is 2. The lowest BCUT2D eigenvalue weighted by atomic mass is 10.0. The van der Waals surface area contributed by atoms with E-state index in [1.54, 1.807) is 18.2 Å². The summed E-state index contributed by atoms with van der Waals surface area (Å²) in [6.45, 7) is 1.95. The first-order chi connectivity index (χ1) is 14.7. The van der Waals surface area contributed by atoms with E-state index in [2.05, 4.69) is 5.32 Å². The van der Waals surface area contributed by atoms with E-state index in [1.807, 2.05) is 35.2 Å². The maximum Gasteiger partial charge on any atom is 0.253 e. The fourth-order valence-corrected chi connectivity index (χ4v) is 3.68. The Hall–Kier alpha value is -3.22. The minimum Gasteiger partial charge on any atom is -0.494 e. The number of para-hydroxylation sites is 1. The van der Waals surface area contributed by atoms with Crippen LogP contribution in [-0.4, -0.2) is 49.2 Å². The summed E-state index contributed by atoms with van der Waals surface area (Å²) in [5, 5.41) is 3.08. The largest absolute Gasteiger partial charge is 0.494 e. The van der Waals surface area contributed by atoms with E-state index in [1.165, 1.54) is 0 Å². The summed E-state index contributed by atoms with van der Waals surface area (Å²) in [6.07, 6.45) is 2.61. The number of nitrogens with one attached hydrogen (secondary N) is 1. The maximum absolute atomic E-state index is 12.7. The minimum absolute atomic E-state index is 0.0175. The van der Waals surface area contributed by atoms with Crippen molar-refractivity contribution in [3.63, 3.8) is 0 Å². The highest BCUT2D eigenvalue weighted by Crippen LogP contribution is 2.33. The average Bonchev–Trinajstić information content (AvgIpc) is 3.25. The number of fused-ring (bicyclic) bond motifs is 1. The number of piperidine rings is 1. The van der Waals surface area contributed by atoms with Crippen molar-refractivity contribution in [2.75, 3.05) is 26.5 Å². The molecule has 2 heterocycles. The lowest BCUT2D eigenvalue weighted by Gasteiger charge is -2.32. The fourth-order valence-electron chi connectivity index (χ4n) is 3.68. The van der Waals surface area contributed by atoms with E-state index in [0.717, 1.165) is 18.6 Å². The van der Waals surface area contributed by atoms with Gasteiger partial charge in [0.2, 0.25) is 12.7 Å². The molecule has 2 aliphatic heterocycles. The molecule has 0 aliphatic carbocycles. The number of nitrogens with zero attached hydrogens (tertiary/aromatic N) is 1. The van der Waals surface area contributed by atoms with Gasteiger partial charge < -0.3 is 24.4 Å². The molecule has 0 spiro atoms. The maximum atomic E-state index is 12.7. The highest BCUT2D eigenvalue weighted by Gasteiger charge is 2.25. The lowest BCUT2D eigenvalue weighted by Crippen LogP contribution is -2.46. The molecule has 1 saturated heterocycles. The van der Waals surface area contributed by atoms with Gasteiger partial charge in [-0.25, -0.2) is 0 Å². The predicted octanol–water partition coefficient (Wildman–Crippen LogP) is 3.00. The first-order valence-corrected chi connectivity index (χ1v) is 10.4. The second kappa shape index (κ2) is 9.52. The summed E-state index contributed by atoms with van der Waals surface area (Å²) in [5.41, 5.74) is 0.597. The first kappa shape index (κ1) is 20.1. The van der Waals surface area contributed by atoms with E-state index in [-0.39, 0.29) is 24.6 Å². The SMILES string of the molecule is O=C(CCCOc1ccccc1)NC1CCN(C(=O)c2ccc3c(c2)OCO3)CC1. The van der Waals surface area contributed by atoms with Crippen molar-refractivity contribution in [3.05, 3.63) is 54.1 Å². The Morgan fingerprint density at radius 1 is 1.03 bits per heavy atom. The van der Waals surface area contributed by atoms with Crippen LogP contribution in [0.25, 0.3) is 0 Å². The molecular formula is C23H26N2O5. The second-order valence-electron chi connectivity index (χ2n) is 7.47. The van der Waals surface area contributed by atoms with Crippen molar-refractivity contribution in [2.24, 2.45) is 0 Å². The summed E-state index contributed by atoms with van der Waals surface area (Å²) in [7, 11) is 0. The van der Waals surface area contributed by atoms with E-state index in [0.29, 0.717) is 49.6 Å². The topological polar surface area (TPSA) is 77.1 Å². The molecule has 4 rings (SSSR count). The van der Waals surface area contributed by atoms with Gasteiger partial charge in [-0.1, -0.05) is 18.2 Å². The van der Waals surface area contributed by atoms with Crippen LogP contribution in [0.5, 0.6) is 17.2 Å². The number of carbonyl (C=O) groups excluding carboxylic acids is 2. The van der Waals surface area contributed by atoms with Gasteiger partial charge in [0.1, 0.15) is 5.75 Å². The highest BCUT2D eigenvalue weighted by atomic mass is 16.7. The zero-order valence-corrected chi connectivity index (χ0v) is 16.8. The summed E-state index contributed by atoms with van der Waals surface area (Å²) in [4.78, 5) is 26.8. The Bertz CT molecular complexity index is 878. The van der Waals surface area contributed by atoms with Gasteiger partial charge in [0, 0.05) is 31.1 Å². The average molecular weight is 410 g/mol. The third-order valence-corrected chi connectivity index (χ3v) is 5.33. The van der Waals surface area contributed by atoms with Gasteiger partial charge in [-0.2, -0.15) is 0 Å². The van der Waals surface area contributed by atoms with Crippen LogP contribution in [0.3, 0.4) is 0 Å². The van der Waals surface area contributed by atoms with Crippen LogP contribution in [0.4, 0.5) is 0 Å². The predicted molar refractivity (Wildman–Crippen MR) is 111 cm³/mol. The number of hydrogen-bond acceptors (Lipinski definition) is 5. The molecule has 0 saturated carbocycles. The molecule has 7 nitrogen and oxygen atoms in total. The number of benzene rings is 2. The molecule has 0 aromatic heterocycles. The standard InChI is InChI=1S/C23H26N2O5/c26-22(7-4-14-28-19-5-2-1-3-6-19)24-18-10-12-25(13-11-18)23(27)17-8-9-20-21(15-17)30-16-29-20/h1-3,5-6,8-9,15,18H,4,7,10-14,16H2,(H,24,26). The van der Waals surface area contributed by atoms with Gasteiger partial charge >= 0.3 is 0 Å². The van der Waals surface area contributed by atoms with Gasteiger partial charge in [-0.15, -0.1) is 0 Å². The van der Waals surface area contributed by atoms with Crippen LogP contribution in [0, 0.1) is 0 Å². The molecule has 1 N–H and O–H groups in total. The van der Waals surface area contributed by atoms with Crippen molar-refractivity contribution in [3.8, 4) is 17.2 Å². The van der Waals surface area contributed by atoms with Crippen LogP contribution < -0.4 is 19.5 Å². The van der Waals surface area contributed by atoms with Crippen molar-refractivity contribution < 1.29 is 23.8 Å². The van der Waals surface area contributed by atoms with Gasteiger partial charge in [-0.3, -0.25) is 9.59 Å². The third kappa shape index (κ3) is 5.03. The second-order valence-corrected chi connectivity index (χ2v) is 7.47. The van der Waals surface area contributed by atoms with Crippen LogP contribution in [0.1, 0.15) is 36.0 Å². The van der Waals surface area contributed by atoms with E-state index in [4.69, 9.17) is 14.2 Å². The van der Waals surface area contributed by atoms with Gasteiger partial charge in [0.05, 0.1) is 6.61 Å². The Balaban J connectivity index is 1.16. The van der Waals surface area contributed by atoms with Crippen LogP contribution >= 0.6 is 0 Å². The Kier molecular flexibility index (Phi) is 6.37. The van der Waals surface area contributed by atoms with E-state index >= 15 is 0 Å². The molecule has 2 aromatic rings. The number of hydrogen-bond donors (Lipinski definition) is 1. The molecule has 2 aliphatic rings. The van der Waals surface area contributed by atoms with Crippen molar-refractivity contribution in [2.45, 2.75) is 31.7 Å². The lowest BCUT2D eigenvalue weighted by molar-refractivity contribution is -0.122. The van der Waals surface area contributed by atoms with Gasteiger partial charge in [0.15, 0.2) is 11.5 Å². The molecule has 0 radical (unpaired) electrons. The van der Waals surface area contributed by atoms with Crippen LogP contribution in [-0.2, 0) is 4.79 Å². The highest BCUT2D eigenvalue weighted by molar-refractivity contribution is 5.95. The molecule has 0 bridgehead atoms. The number of carbonyl (C=O) groups is 2. The summed E-state index contributed by atoms with van der Waals surface area (Å²) < 4.78 is 16.3. The fraction of sp³-hybridized carbons (Fsp3) is 0.391. The molecule has 7 heteroatoms. The first-order valence-electron chi connectivity index (χ1n) is 10.4. The van der Waals surface area contributed by atoms with Gasteiger partial charge in [-0.05, 0) is 49.6 Å². The quantitative estimate of drug-likeness (QED) is 0.710. The molecule has 158 valence electrons. The molecule has 0 atom stereocenters. The monoisotopic (exact) mass is 410 g/mol. The molecule has 0 unspecified atom stereocenters. The van der Waals surface area contributed by atoms with Crippen molar-refractivity contribution in [1.82, 2.24) is 10.2 Å². The van der Waals surface area contributed by atoms with Crippen molar-refractivity contribution in [1.29, 1.82) is 0 Å². The third-order valence-electron chi connectivity index (χ3n) is 5.33. The minimum atomic E-state index is -0.0175. The van der Waals surface area contributed by atoms with E-state index in [9.17, 15) is 9.59 Å². The molecule has 2 amide bonds. The normalized spacial score (nSPS) is 15.7. The Morgan fingerprint density at radius 3 is 2.60 bits per heavy atom. The molecule has 1 fully saturated rings. The zero-order chi connectivity index (χ0) is 20.8. The summed E-state index contributed by atoms with van der Waals surface area (Å²) in [6, 6.07) is 15.0. The molecule has 2 aromatic carbocycles. The zero-order valence-electron chi connectivity index (χ0n) is 16.8. The number of likely N-dealkylation sites (tertiary alicyclic amines) is 1. The Morgan fingerprint density at radius 2 is 1.80 bits per heavy atom. The molecule has 30 heavy (non-hydrogen) atoms. The van der Waals surface area contributed by atoms with Gasteiger partial charge in [0.25, 0.3) is 5.91 Å². The van der Waals surface area contributed by atoms with Crippen LogP contribution in [0.15, 0.2) is 48.5 Å². The summed E-state index contributed by atoms with van der Waals surface area (Å²) >= 11 is 0. The number of ether oxygens (including phenoxy) is 3. The van der Waals surface area contributed by atoms with E-state index < -0.39 is 0 Å². The smallest absolute Gasteiger partial charge is 0.253 e.